The molecule has 1 N–H and O–H groups in total. The molecule has 0 heterocycles. The van der Waals surface area contributed by atoms with Gasteiger partial charge in [0.2, 0.25) is 0 Å². The van der Waals surface area contributed by atoms with E-state index in [1.165, 1.54) is 0 Å². The summed E-state index contributed by atoms with van der Waals surface area (Å²) >= 11 is 0. The first-order chi connectivity index (χ1) is 8.13. The molecule has 0 amide bonds. The summed E-state index contributed by atoms with van der Waals surface area (Å²) in [6.07, 6.45) is 3.27. The first-order valence-corrected chi connectivity index (χ1v) is 6.90. The van der Waals surface area contributed by atoms with Crippen LogP contribution in [0.25, 0.3) is 0 Å². The summed E-state index contributed by atoms with van der Waals surface area (Å²) in [4.78, 5) is 0. The smallest absolute Gasteiger partial charge is 0.0147 e. The Morgan fingerprint density at radius 1 is 1.17 bits per heavy atom. The number of hydrogen-bond donors (Lipinski definition) is 1. The molecular formula is C17H31N. The van der Waals surface area contributed by atoms with Gasteiger partial charge in [0.25, 0.3) is 0 Å². The highest BCUT2D eigenvalue weighted by atomic mass is 14.9. The van der Waals surface area contributed by atoms with Gasteiger partial charge in [-0.3, -0.25) is 0 Å². The van der Waals surface area contributed by atoms with E-state index < -0.39 is 0 Å². The fourth-order valence-electron chi connectivity index (χ4n) is 1.98. The molecule has 0 rings (SSSR count). The highest BCUT2D eigenvalue weighted by Crippen LogP contribution is 2.26. The molecule has 18 heavy (non-hydrogen) atoms. The van der Waals surface area contributed by atoms with Crippen LogP contribution in [0.4, 0.5) is 0 Å². The molecular weight excluding hydrogens is 218 g/mol. The van der Waals surface area contributed by atoms with Gasteiger partial charge in [-0.05, 0) is 37.5 Å². The molecule has 1 nitrogen and oxygen atoms in total. The molecule has 1 unspecified atom stereocenters. The number of allylic oxidation sites excluding steroid dienone is 3. The third kappa shape index (κ3) is 8.16. The fraction of sp³-hybridized carbons (Fsp3) is 0.647. The van der Waals surface area contributed by atoms with Gasteiger partial charge in [0.1, 0.15) is 0 Å². The van der Waals surface area contributed by atoms with E-state index in [1.54, 1.807) is 0 Å². The van der Waals surface area contributed by atoms with Crippen LogP contribution in [-0.2, 0) is 0 Å². The lowest BCUT2D eigenvalue weighted by atomic mass is 9.84. The number of rotatable bonds is 8. The van der Waals surface area contributed by atoms with E-state index in [2.05, 4.69) is 52.7 Å². The van der Waals surface area contributed by atoms with Crippen molar-refractivity contribution in [3.63, 3.8) is 0 Å². The first kappa shape index (κ1) is 17.0. The summed E-state index contributed by atoms with van der Waals surface area (Å²) in [6, 6.07) is 0. The summed E-state index contributed by atoms with van der Waals surface area (Å²) in [5.41, 5.74) is 3.77. The predicted molar refractivity (Wildman–Crippen MR) is 83.6 cm³/mol. The lowest BCUT2D eigenvalue weighted by Crippen LogP contribution is -2.22. The highest BCUT2D eigenvalue weighted by molar-refractivity contribution is 5.22. The molecule has 0 saturated carbocycles. The second kappa shape index (κ2) is 7.45. The van der Waals surface area contributed by atoms with Crippen LogP contribution >= 0.6 is 0 Å². The van der Waals surface area contributed by atoms with E-state index in [1.807, 2.05) is 6.92 Å². The Balaban J connectivity index is 3.84. The van der Waals surface area contributed by atoms with Crippen LogP contribution in [0, 0.1) is 11.3 Å². The Bertz CT molecular complexity index is 304. The van der Waals surface area contributed by atoms with Gasteiger partial charge in [0, 0.05) is 12.2 Å². The Hall–Kier alpha value is -0.980. The van der Waals surface area contributed by atoms with Crippen molar-refractivity contribution in [3.8, 4) is 0 Å². The largest absolute Gasteiger partial charge is 0.389 e. The molecule has 0 aliphatic heterocycles. The average molecular weight is 249 g/mol. The second-order valence-electron chi connectivity index (χ2n) is 6.61. The van der Waals surface area contributed by atoms with Crippen molar-refractivity contribution < 1.29 is 0 Å². The maximum Gasteiger partial charge on any atom is 0.0147 e. The molecule has 1 atom stereocenters. The molecule has 104 valence electrons. The van der Waals surface area contributed by atoms with E-state index in [0.717, 1.165) is 42.7 Å². The van der Waals surface area contributed by atoms with Gasteiger partial charge in [0.05, 0.1) is 0 Å². The molecule has 0 aromatic rings. The minimum atomic E-state index is 0.359. The van der Waals surface area contributed by atoms with Crippen LogP contribution in [0.1, 0.15) is 53.9 Å². The van der Waals surface area contributed by atoms with Gasteiger partial charge in [-0.1, -0.05) is 58.6 Å². The molecule has 0 saturated heterocycles. The molecule has 0 fully saturated rings. The van der Waals surface area contributed by atoms with Crippen molar-refractivity contribution in [2.24, 2.45) is 11.3 Å². The zero-order chi connectivity index (χ0) is 14.3. The minimum Gasteiger partial charge on any atom is -0.389 e. The Kier molecular flexibility index (Phi) is 7.05. The van der Waals surface area contributed by atoms with E-state index in [4.69, 9.17) is 0 Å². The predicted octanol–water partition coefficient (Wildman–Crippen LogP) is 5.07. The fourth-order valence-corrected chi connectivity index (χ4v) is 1.98. The first-order valence-electron chi connectivity index (χ1n) is 6.90. The van der Waals surface area contributed by atoms with Crippen LogP contribution < -0.4 is 5.32 Å². The molecule has 0 spiro atoms. The Morgan fingerprint density at radius 2 is 1.72 bits per heavy atom. The van der Waals surface area contributed by atoms with Crippen molar-refractivity contribution in [2.75, 3.05) is 6.54 Å². The summed E-state index contributed by atoms with van der Waals surface area (Å²) in [6.45, 7) is 24.1. The van der Waals surface area contributed by atoms with Crippen LogP contribution in [0.2, 0.25) is 0 Å². The van der Waals surface area contributed by atoms with Crippen molar-refractivity contribution in [2.45, 2.75) is 53.9 Å². The normalized spacial score (nSPS) is 12.9. The minimum absolute atomic E-state index is 0.359. The van der Waals surface area contributed by atoms with Crippen molar-refractivity contribution >= 4 is 0 Å². The number of hydrogen-bond acceptors (Lipinski definition) is 1. The summed E-state index contributed by atoms with van der Waals surface area (Å²) < 4.78 is 0. The SMILES string of the molecule is C=C(C)C(=C)CCCNC(=C)C(C)CC(C)(C)C. The van der Waals surface area contributed by atoms with Crippen molar-refractivity contribution in [1.29, 1.82) is 0 Å². The highest BCUT2D eigenvalue weighted by Gasteiger charge is 2.16. The quantitative estimate of drug-likeness (QED) is 0.467. The molecule has 0 aliphatic rings. The van der Waals surface area contributed by atoms with Gasteiger partial charge in [-0.2, -0.15) is 0 Å². The van der Waals surface area contributed by atoms with Gasteiger partial charge in [-0.15, -0.1) is 0 Å². The third-order valence-electron chi connectivity index (χ3n) is 3.12. The standard InChI is InChI=1S/C17H31N/c1-13(2)14(3)10-9-11-18-16(5)15(4)12-17(6,7)8/h15,18H,1,3,5,9-12H2,2,4,6-8H3. The van der Waals surface area contributed by atoms with Gasteiger partial charge >= 0.3 is 0 Å². The lowest BCUT2D eigenvalue weighted by molar-refractivity contribution is 0.323. The van der Waals surface area contributed by atoms with Gasteiger partial charge < -0.3 is 5.32 Å². The monoisotopic (exact) mass is 249 g/mol. The topological polar surface area (TPSA) is 12.0 Å². The summed E-state index contributed by atoms with van der Waals surface area (Å²) in [5.74, 6) is 0.523. The van der Waals surface area contributed by atoms with E-state index in [9.17, 15) is 0 Å². The van der Waals surface area contributed by atoms with Crippen LogP contribution in [0.15, 0.2) is 36.6 Å². The molecule has 0 aromatic heterocycles. The number of nitrogens with one attached hydrogen (secondary N) is 1. The molecule has 0 bridgehead atoms. The zero-order valence-electron chi connectivity index (χ0n) is 13.0. The maximum atomic E-state index is 4.14. The van der Waals surface area contributed by atoms with E-state index in [0.29, 0.717) is 11.3 Å². The van der Waals surface area contributed by atoms with Crippen LogP contribution in [-0.4, -0.2) is 6.54 Å². The lowest BCUT2D eigenvalue weighted by Gasteiger charge is -2.25. The van der Waals surface area contributed by atoms with Crippen LogP contribution in [0.5, 0.6) is 0 Å². The van der Waals surface area contributed by atoms with Gasteiger partial charge in [0.15, 0.2) is 0 Å². The molecule has 0 aromatic carbocycles. The van der Waals surface area contributed by atoms with E-state index >= 15 is 0 Å². The molecule has 1 heteroatoms. The van der Waals surface area contributed by atoms with Crippen LogP contribution in [0.3, 0.4) is 0 Å². The zero-order valence-corrected chi connectivity index (χ0v) is 13.0. The van der Waals surface area contributed by atoms with Crippen molar-refractivity contribution in [3.05, 3.63) is 36.6 Å². The summed E-state index contributed by atoms with van der Waals surface area (Å²) in [5, 5.41) is 3.43. The third-order valence-corrected chi connectivity index (χ3v) is 3.12. The second-order valence-corrected chi connectivity index (χ2v) is 6.61. The molecule has 0 radical (unpaired) electrons. The maximum absolute atomic E-state index is 4.14. The summed E-state index contributed by atoms with van der Waals surface area (Å²) in [7, 11) is 0. The van der Waals surface area contributed by atoms with Crippen molar-refractivity contribution in [1.82, 2.24) is 5.32 Å². The van der Waals surface area contributed by atoms with Gasteiger partial charge in [-0.25, -0.2) is 0 Å². The Labute approximate surface area is 114 Å². The average Bonchev–Trinajstić information content (AvgIpc) is 2.20. The van der Waals surface area contributed by atoms with E-state index in [-0.39, 0.29) is 0 Å². The Morgan fingerprint density at radius 3 is 2.17 bits per heavy atom. The molecule has 0 aliphatic carbocycles.